The molecule has 1 aliphatic heterocycles. The monoisotopic (exact) mass is 227 g/mol. The van der Waals surface area contributed by atoms with Gasteiger partial charge in [-0.25, -0.2) is 0 Å². The minimum Gasteiger partial charge on any atom is -0.396 e. The van der Waals surface area contributed by atoms with Crippen molar-refractivity contribution >= 4 is 5.91 Å². The predicted octanol–water partition coefficient (Wildman–Crippen LogP) is 0.929. The van der Waals surface area contributed by atoms with Crippen LogP contribution in [0.2, 0.25) is 0 Å². The van der Waals surface area contributed by atoms with Crippen molar-refractivity contribution in [2.75, 3.05) is 19.8 Å². The smallest absolute Gasteiger partial charge is 0.248 e. The molecule has 0 aromatic rings. The number of hydrogen-bond acceptors (Lipinski definition) is 3. The standard InChI is InChI=1S/C12H21NO3/c1-12(6-7-14)9-13(11(15)8-16-12)10-4-2-3-5-10/h10,14H,2-9H2,1H3. The molecule has 16 heavy (non-hydrogen) atoms. The Morgan fingerprint density at radius 3 is 2.81 bits per heavy atom. The Kier molecular flexibility index (Phi) is 3.50. The zero-order chi connectivity index (χ0) is 11.6. The molecular formula is C12H21NO3. The maximum atomic E-state index is 11.8. The lowest BCUT2D eigenvalue weighted by atomic mass is 9.98. The first kappa shape index (κ1) is 11.9. The van der Waals surface area contributed by atoms with Crippen molar-refractivity contribution in [1.29, 1.82) is 0 Å². The lowest BCUT2D eigenvalue weighted by Crippen LogP contribution is -2.56. The van der Waals surface area contributed by atoms with E-state index in [1.807, 2.05) is 11.8 Å². The molecule has 2 fully saturated rings. The molecule has 2 aliphatic rings. The maximum Gasteiger partial charge on any atom is 0.248 e. The van der Waals surface area contributed by atoms with Crippen LogP contribution in [0.15, 0.2) is 0 Å². The van der Waals surface area contributed by atoms with E-state index >= 15 is 0 Å². The quantitative estimate of drug-likeness (QED) is 0.780. The van der Waals surface area contributed by atoms with Crippen LogP contribution in [-0.2, 0) is 9.53 Å². The molecular weight excluding hydrogens is 206 g/mol. The van der Waals surface area contributed by atoms with E-state index in [9.17, 15) is 4.79 Å². The van der Waals surface area contributed by atoms with Crippen LogP contribution in [0.1, 0.15) is 39.0 Å². The molecule has 1 saturated heterocycles. The number of amides is 1. The summed E-state index contributed by atoms with van der Waals surface area (Å²) in [4.78, 5) is 13.8. The van der Waals surface area contributed by atoms with E-state index in [0.29, 0.717) is 19.0 Å². The number of carbonyl (C=O) groups is 1. The van der Waals surface area contributed by atoms with E-state index in [-0.39, 0.29) is 24.7 Å². The summed E-state index contributed by atoms with van der Waals surface area (Å²) in [6.07, 6.45) is 5.31. The molecule has 0 spiro atoms. The molecule has 0 bridgehead atoms. The number of aliphatic hydroxyl groups is 1. The van der Waals surface area contributed by atoms with Gasteiger partial charge in [-0.15, -0.1) is 0 Å². The Morgan fingerprint density at radius 2 is 2.19 bits per heavy atom. The van der Waals surface area contributed by atoms with Gasteiger partial charge in [0.15, 0.2) is 0 Å². The van der Waals surface area contributed by atoms with Crippen molar-refractivity contribution in [3.8, 4) is 0 Å². The molecule has 0 aromatic heterocycles. The van der Waals surface area contributed by atoms with Crippen LogP contribution in [0.25, 0.3) is 0 Å². The third-order valence-electron chi connectivity index (χ3n) is 3.78. The van der Waals surface area contributed by atoms with Crippen LogP contribution in [-0.4, -0.2) is 47.3 Å². The van der Waals surface area contributed by atoms with E-state index in [0.717, 1.165) is 12.8 Å². The highest BCUT2D eigenvalue weighted by Gasteiger charge is 2.39. The zero-order valence-corrected chi connectivity index (χ0v) is 9.95. The van der Waals surface area contributed by atoms with Gasteiger partial charge in [0, 0.05) is 25.6 Å². The van der Waals surface area contributed by atoms with Crippen molar-refractivity contribution in [1.82, 2.24) is 4.90 Å². The van der Waals surface area contributed by atoms with Crippen LogP contribution in [0.4, 0.5) is 0 Å². The summed E-state index contributed by atoms with van der Waals surface area (Å²) in [5.74, 6) is 0.113. The normalized spacial score (nSPS) is 32.4. The van der Waals surface area contributed by atoms with Crippen molar-refractivity contribution in [3.63, 3.8) is 0 Å². The maximum absolute atomic E-state index is 11.8. The fourth-order valence-electron chi connectivity index (χ4n) is 2.75. The molecule has 4 heteroatoms. The van der Waals surface area contributed by atoms with E-state index in [1.165, 1.54) is 12.8 Å². The van der Waals surface area contributed by atoms with Crippen LogP contribution in [0, 0.1) is 0 Å². The molecule has 1 atom stereocenters. The van der Waals surface area contributed by atoms with Crippen molar-refractivity contribution in [2.24, 2.45) is 0 Å². The largest absolute Gasteiger partial charge is 0.396 e. The molecule has 2 rings (SSSR count). The summed E-state index contributed by atoms with van der Waals surface area (Å²) in [5, 5.41) is 9.02. The van der Waals surface area contributed by atoms with Gasteiger partial charge < -0.3 is 14.7 Å². The highest BCUT2D eigenvalue weighted by atomic mass is 16.5. The molecule has 0 radical (unpaired) electrons. The minimum atomic E-state index is -0.356. The first-order valence-electron chi connectivity index (χ1n) is 6.19. The molecule has 1 heterocycles. The molecule has 1 aliphatic carbocycles. The molecule has 0 aromatic carbocycles. The Balaban J connectivity index is 2.02. The topological polar surface area (TPSA) is 49.8 Å². The summed E-state index contributed by atoms with van der Waals surface area (Å²) in [6, 6.07) is 0.411. The van der Waals surface area contributed by atoms with Crippen LogP contribution < -0.4 is 0 Å². The van der Waals surface area contributed by atoms with Gasteiger partial charge in [-0.2, -0.15) is 0 Å². The van der Waals surface area contributed by atoms with Gasteiger partial charge in [0.1, 0.15) is 6.61 Å². The second kappa shape index (κ2) is 4.72. The van der Waals surface area contributed by atoms with E-state index in [4.69, 9.17) is 9.84 Å². The fourth-order valence-corrected chi connectivity index (χ4v) is 2.75. The number of aliphatic hydroxyl groups excluding tert-OH is 1. The van der Waals surface area contributed by atoms with Gasteiger partial charge in [-0.05, 0) is 19.8 Å². The summed E-state index contributed by atoms with van der Waals surface area (Å²) < 4.78 is 5.56. The van der Waals surface area contributed by atoms with Crippen LogP contribution >= 0.6 is 0 Å². The highest BCUT2D eigenvalue weighted by molar-refractivity contribution is 5.78. The van der Waals surface area contributed by atoms with Gasteiger partial charge >= 0.3 is 0 Å². The zero-order valence-electron chi connectivity index (χ0n) is 9.95. The highest BCUT2D eigenvalue weighted by Crippen LogP contribution is 2.29. The van der Waals surface area contributed by atoms with Gasteiger partial charge in [-0.1, -0.05) is 12.8 Å². The van der Waals surface area contributed by atoms with Crippen molar-refractivity contribution in [3.05, 3.63) is 0 Å². The third-order valence-corrected chi connectivity index (χ3v) is 3.78. The Bertz CT molecular complexity index is 263. The summed E-state index contributed by atoms with van der Waals surface area (Å²) >= 11 is 0. The molecule has 1 saturated carbocycles. The Labute approximate surface area is 96.6 Å². The van der Waals surface area contributed by atoms with Crippen molar-refractivity contribution in [2.45, 2.75) is 50.7 Å². The van der Waals surface area contributed by atoms with E-state index < -0.39 is 0 Å². The van der Waals surface area contributed by atoms with Crippen molar-refractivity contribution < 1.29 is 14.6 Å². The molecule has 92 valence electrons. The Morgan fingerprint density at radius 1 is 1.50 bits per heavy atom. The number of hydrogen-bond donors (Lipinski definition) is 1. The molecule has 1 amide bonds. The van der Waals surface area contributed by atoms with Crippen LogP contribution in [0.5, 0.6) is 0 Å². The second-order valence-electron chi connectivity index (χ2n) is 5.17. The number of nitrogens with zero attached hydrogens (tertiary/aromatic N) is 1. The first-order valence-corrected chi connectivity index (χ1v) is 6.19. The number of ether oxygens (including phenoxy) is 1. The number of morpholine rings is 1. The van der Waals surface area contributed by atoms with Gasteiger partial charge in [0.05, 0.1) is 5.60 Å². The minimum absolute atomic E-state index is 0.113. The molecule has 1 unspecified atom stereocenters. The first-order chi connectivity index (χ1) is 7.64. The van der Waals surface area contributed by atoms with E-state index in [2.05, 4.69) is 0 Å². The SMILES string of the molecule is CC1(CCO)CN(C2CCCC2)C(=O)CO1. The average Bonchev–Trinajstić information content (AvgIpc) is 2.76. The van der Waals surface area contributed by atoms with E-state index in [1.54, 1.807) is 0 Å². The predicted molar refractivity (Wildman–Crippen MR) is 60.0 cm³/mol. The van der Waals surface area contributed by atoms with Crippen LogP contribution in [0.3, 0.4) is 0 Å². The third kappa shape index (κ3) is 2.38. The van der Waals surface area contributed by atoms with Gasteiger partial charge in [0.2, 0.25) is 5.91 Å². The van der Waals surface area contributed by atoms with Gasteiger partial charge in [-0.3, -0.25) is 4.79 Å². The fraction of sp³-hybridized carbons (Fsp3) is 0.917. The number of carbonyl (C=O) groups excluding carboxylic acids is 1. The lowest BCUT2D eigenvalue weighted by molar-refractivity contribution is -0.167. The average molecular weight is 227 g/mol. The lowest BCUT2D eigenvalue weighted by Gasteiger charge is -2.42. The molecule has 4 nitrogen and oxygen atoms in total. The van der Waals surface area contributed by atoms with Gasteiger partial charge in [0.25, 0.3) is 0 Å². The second-order valence-corrected chi connectivity index (χ2v) is 5.17. The summed E-state index contributed by atoms with van der Waals surface area (Å²) in [7, 11) is 0. The summed E-state index contributed by atoms with van der Waals surface area (Å²) in [6.45, 7) is 2.91. The summed E-state index contributed by atoms with van der Waals surface area (Å²) in [5.41, 5.74) is -0.356. The number of rotatable bonds is 3. The Hall–Kier alpha value is -0.610. The molecule has 1 N–H and O–H groups in total.